The van der Waals surface area contributed by atoms with Crippen LogP contribution in [0.2, 0.25) is 0 Å². The molecular formula is C17H13F4NO4. The Kier molecular flexibility index (Phi) is 6.16. The SMILES string of the molecule is C[C@@H](OC(=O)COc1cccc(F)c1)C(=O)Nc1ccc(F)c(F)c1F. The summed E-state index contributed by atoms with van der Waals surface area (Å²) in [6.45, 7) is 0.591. The number of esters is 1. The van der Waals surface area contributed by atoms with Gasteiger partial charge in [0.15, 0.2) is 30.2 Å². The molecule has 1 atom stereocenters. The van der Waals surface area contributed by atoms with Crippen LogP contribution in [0, 0.1) is 23.3 Å². The average molecular weight is 371 g/mol. The van der Waals surface area contributed by atoms with Crippen molar-refractivity contribution in [3.8, 4) is 5.75 Å². The summed E-state index contributed by atoms with van der Waals surface area (Å²) in [5.74, 6) is -7.10. The van der Waals surface area contributed by atoms with Crippen LogP contribution in [0.5, 0.6) is 5.75 Å². The number of halogens is 4. The Hall–Kier alpha value is -3.10. The Balaban J connectivity index is 1.88. The molecule has 0 radical (unpaired) electrons. The first-order chi connectivity index (χ1) is 12.3. The van der Waals surface area contributed by atoms with E-state index >= 15 is 0 Å². The fourth-order valence-corrected chi connectivity index (χ4v) is 1.84. The van der Waals surface area contributed by atoms with Crippen molar-refractivity contribution in [1.29, 1.82) is 0 Å². The molecule has 0 aliphatic heterocycles. The fraction of sp³-hybridized carbons (Fsp3) is 0.176. The molecule has 2 aromatic rings. The number of hydrogen-bond acceptors (Lipinski definition) is 4. The van der Waals surface area contributed by atoms with Gasteiger partial charge in [0, 0.05) is 6.07 Å². The highest BCUT2D eigenvalue weighted by atomic mass is 19.2. The van der Waals surface area contributed by atoms with E-state index < -0.39 is 53.5 Å². The van der Waals surface area contributed by atoms with Gasteiger partial charge in [0.25, 0.3) is 5.91 Å². The summed E-state index contributed by atoms with van der Waals surface area (Å²) in [4.78, 5) is 23.5. The molecule has 5 nitrogen and oxygen atoms in total. The molecule has 138 valence electrons. The van der Waals surface area contributed by atoms with E-state index in [2.05, 4.69) is 0 Å². The van der Waals surface area contributed by atoms with Crippen LogP contribution in [-0.2, 0) is 14.3 Å². The van der Waals surface area contributed by atoms with Gasteiger partial charge < -0.3 is 14.8 Å². The summed E-state index contributed by atoms with van der Waals surface area (Å²) in [5, 5.41) is 1.98. The summed E-state index contributed by atoms with van der Waals surface area (Å²) in [6, 6.07) is 6.50. The first-order valence-corrected chi connectivity index (χ1v) is 7.30. The van der Waals surface area contributed by atoms with Crippen LogP contribution in [0.4, 0.5) is 23.2 Å². The fourth-order valence-electron chi connectivity index (χ4n) is 1.84. The number of carbonyl (C=O) groups is 2. The molecule has 0 aliphatic rings. The molecule has 2 aromatic carbocycles. The van der Waals surface area contributed by atoms with Crippen LogP contribution in [-0.4, -0.2) is 24.6 Å². The molecule has 0 bridgehead atoms. The highest BCUT2D eigenvalue weighted by molar-refractivity contribution is 5.95. The zero-order chi connectivity index (χ0) is 19.3. The second-order valence-corrected chi connectivity index (χ2v) is 5.09. The molecule has 0 aliphatic carbocycles. The maximum Gasteiger partial charge on any atom is 0.344 e. The molecule has 1 N–H and O–H groups in total. The van der Waals surface area contributed by atoms with Crippen LogP contribution < -0.4 is 10.1 Å². The van der Waals surface area contributed by atoms with Crippen molar-refractivity contribution < 1.29 is 36.6 Å². The lowest BCUT2D eigenvalue weighted by Gasteiger charge is -2.14. The third-order valence-electron chi connectivity index (χ3n) is 3.12. The summed E-state index contributed by atoms with van der Waals surface area (Å²) in [6.07, 6.45) is -1.37. The smallest absolute Gasteiger partial charge is 0.344 e. The molecule has 0 unspecified atom stereocenters. The van der Waals surface area contributed by atoms with Crippen LogP contribution in [0.25, 0.3) is 0 Å². The molecule has 2 rings (SSSR count). The summed E-state index contributed by atoms with van der Waals surface area (Å²) >= 11 is 0. The number of carbonyl (C=O) groups excluding carboxylic acids is 2. The predicted octanol–water partition coefficient (Wildman–Crippen LogP) is 3.19. The number of nitrogens with one attached hydrogen (secondary N) is 1. The number of benzene rings is 2. The van der Waals surface area contributed by atoms with E-state index in [1.165, 1.54) is 25.1 Å². The van der Waals surface area contributed by atoms with Crippen molar-refractivity contribution >= 4 is 17.6 Å². The van der Waals surface area contributed by atoms with E-state index in [9.17, 15) is 27.2 Å². The number of ether oxygens (including phenoxy) is 2. The second kappa shape index (κ2) is 8.32. The Morgan fingerprint density at radius 1 is 1.08 bits per heavy atom. The second-order valence-electron chi connectivity index (χ2n) is 5.09. The zero-order valence-electron chi connectivity index (χ0n) is 13.4. The minimum atomic E-state index is -1.74. The van der Waals surface area contributed by atoms with Gasteiger partial charge >= 0.3 is 5.97 Å². The number of hydrogen-bond donors (Lipinski definition) is 1. The molecule has 0 aromatic heterocycles. The summed E-state index contributed by atoms with van der Waals surface area (Å²) in [5.41, 5.74) is -0.604. The molecule has 0 saturated heterocycles. The van der Waals surface area contributed by atoms with Gasteiger partial charge in [-0.2, -0.15) is 0 Å². The van der Waals surface area contributed by atoms with Crippen molar-refractivity contribution in [2.75, 3.05) is 11.9 Å². The number of rotatable bonds is 6. The third kappa shape index (κ3) is 4.95. The van der Waals surface area contributed by atoms with Crippen LogP contribution >= 0.6 is 0 Å². The van der Waals surface area contributed by atoms with Gasteiger partial charge in [-0.05, 0) is 31.2 Å². The van der Waals surface area contributed by atoms with E-state index in [4.69, 9.17) is 9.47 Å². The Bertz CT molecular complexity index is 828. The van der Waals surface area contributed by atoms with Gasteiger partial charge in [0.2, 0.25) is 0 Å². The lowest BCUT2D eigenvalue weighted by Crippen LogP contribution is -2.32. The predicted molar refractivity (Wildman–Crippen MR) is 82.4 cm³/mol. The van der Waals surface area contributed by atoms with Crippen molar-refractivity contribution in [3.63, 3.8) is 0 Å². The van der Waals surface area contributed by atoms with Crippen molar-refractivity contribution in [3.05, 3.63) is 59.7 Å². The first-order valence-electron chi connectivity index (χ1n) is 7.30. The normalized spacial score (nSPS) is 11.6. The molecule has 0 saturated carbocycles. The summed E-state index contributed by atoms with van der Waals surface area (Å²) in [7, 11) is 0. The van der Waals surface area contributed by atoms with Crippen molar-refractivity contribution in [1.82, 2.24) is 0 Å². The summed E-state index contributed by atoms with van der Waals surface area (Å²) < 4.78 is 62.2. The van der Waals surface area contributed by atoms with Crippen molar-refractivity contribution in [2.45, 2.75) is 13.0 Å². The molecule has 26 heavy (non-hydrogen) atoms. The lowest BCUT2D eigenvalue weighted by molar-refractivity contribution is -0.155. The monoisotopic (exact) mass is 371 g/mol. The van der Waals surface area contributed by atoms with Crippen LogP contribution in [0.15, 0.2) is 36.4 Å². The van der Waals surface area contributed by atoms with E-state index in [1.54, 1.807) is 0 Å². The standard InChI is InChI=1S/C17H13F4NO4/c1-9(17(24)22-13-6-5-12(19)15(20)16(13)21)26-14(23)8-25-11-4-2-3-10(18)7-11/h2-7,9H,8H2,1H3,(H,22,24)/t9-/m1/s1. The van der Waals surface area contributed by atoms with E-state index in [0.29, 0.717) is 6.07 Å². The van der Waals surface area contributed by atoms with Gasteiger partial charge in [-0.1, -0.05) is 6.07 Å². The molecule has 0 fully saturated rings. The minimum Gasteiger partial charge on any atom is -0.482 e. The maximum absolute atomic E-state index is 13.5. The van der Waals surface area contributed by atoms with Crippen LogP contribution in [0.1, 0.15) is 6.92 Å². The Morgan fingerprint density at radius 2 is 1.81 bits per heavy atom. The number of anilines is 1. The Labute approximate surface area is 145 Å². The van der Waals surface area contributed by atoms with Gasteiger partial charge in [-0.3, -0.25) is 4.79 Å². The third-order valence-corrected chi connectivity index (χ3v) is 3.12. The highest BCUT2D eigenvalue weighted by Crippen LogP contribution is 2.20. The molecule has 1 amide bonds. The Morgan fingerprint density at radius 3 is 2.50 bits per heavy atom. The average Bonchev–Trinajstić information content (AvgIpc) is 2.60. The lowest BCUT2D eigenvalue weighted by atomic mass is 10.2. The minimum absolute atomic E-state index is 0.0860. The van der Waals surface area contributed by atoms with E-state index in [0.717, 1.165) is 12.1 Å². The largest absolute Gasteiger partial charge is 0.482 e. The highest BCUT2D eigenvalue weighted by Gasteiger charge is 2.21. The van der Waals surface area contributed by atoms with Crippen molar-refractivity contribution in [2.24, 2.45) is 0 Å². The van der Waals surface area contributed by atoms with E-state index in [-0.39, 0.29) is 5.75 Å². The van der Waals surface area contributed by atoms with Gasteiger partial charge in [-0.15, -0.1) is 0 Å². The quantitative estimate of drug-likeness (QED) is 0.481. The molecule has 0 heterocycles. The zero-order valence-corrected chi connectivity index (χ0v) is 13.4. The topological polar surface area (TPSA) is 64.6 Å². The number of amides is 1. The van der Waals surface area contributed by atoms with Gasteiger partial charge in [-0.25, -0.2) is 22.4 Å². The van der Waals surface area contributed by atoms with Gasteiger partial charge in [0.1, 0.15) is 11.6 Å². The molecular weight excluding hydrogens is 358 g/mol. The van der Waals surface area contributed by atoms with Crippen LogP contribution in [0.3, 0.4) is 0 Å². The maximum atomic E-state index is 13.5. The van der Waals surface area contributed by atoms with E-state index in [1.807, 2.05) is 5.32 Å². The first kappa shape index (κ1) is 19.2. The van der Waals surface area contributed by atoms with Gasteiger partial charge in [0.05, 0.1) is 5.69 Å². The molecule has 0 spiro atoms. The molecule has 9 heteroatoms.